The van der Waals surface area contributed by atoms with Crippen LogP contribution in [0.15, 0.2) is 48.5 Å². The zero-order valence-corrected chi connectivity index (χ0v) is 19.9. The van der Waals surface area contributed by atoms with Crippen molar-refractivity contribution < 1.29 is 23.5 Å². The molecule has 3 rings (SSSR count). The average Bonchev–Trinajstić information content (AvgIpc) is 2.84. The fourth-order valence-electron chi connectivity index (χ4n) is 4.97. The third-order valence-corrected chi connectivity index (χ3v) is 6.78. The predicted molar refractivity (Wildman–Crippen MR) is 129 cm³/mol. The normalized spacial score (nSPS) is 17.4. The lowest BCUT2D eigenvalue weighted by Crippen LogP contribution is -2.58. The summed E-state index contributed by atoms with van der Waals surface area (Å²) in [5.41, 5.74) is 10.1. The SMILES string of the molecule is COC(=O)c1ccc(CCC[N+]2(CCCc3ccc(C(=O)OC)cc3)CCCC(N)C2)cc1. The van der Waals surface area contributed by atoms with Gasteiger partial charge >= 0.3 is 11.9 Å². The van der Waals surface area contributed by atoms with Crippen LogP contribution in [-0.4, -0.2) is 62.9 Å². The number of piperidine rings is 1. The van der Waals surface area contributed by atoms with Gasteiger partial charge in [-0.05, 0) is 61.1 Å². The van der Waals surface area contributed by atoms with Crippen molar-refractivity contribution in [2.45, 2.75) is 44.6 Å². The Morgan fingerprint density at radius 2 is 1.30 bits per heavy atom. The largest absolute Gasteiger partial charge is 0.465 e. The second-order valence-electron chi connectivity index (χ2n) is 9.18. The highest BCUT2D eigenvalue weighted by Crippen LogP contribution is 2.22. The number of carbonyl (C=O) groups is 2. The van der Waals surface area contributed by atoms with Crippen molar-refractivity contribution in [2.75, 3.05) is 40.4 Å². The zero-order chi connectivity index (χ0) is 23.7. The van der Waals surface area contributed by atoms with Gasteiger partial charge in [0, 0.05) is 12.8 Å². The van der Waals surface area contributed by atoms with E-state index in [0.29, 0.717) is 11.1 Å². The van der Waals surface area contributed by atoms with Crippen molar-refractivity contribution in [2.24, 2.45) is 5.73 Å². The van der Waals surface area contributed by atoms with Crippen molar-refractivity contribution in [3.63, 3.8) is 0 Å². The van der Waals surface area contributed by atoms with E-state index in [0.717, 1.165) is 56.2 Å². The molecule has 1 fully saturated rings. The molecule has 6 nitrogen and oxygen atoms in total. The van der Waals surface area contributed by atoms with Crippen LogP contribution < -0.4 is 5.73 Å². The maximum absolute atomic E-state index is 11.6. The van der Waals surface area contributed by atoms with E-state index in [9.17, 15) is 9.59 Å². The van der Waals surface area contributed by atoms with Gasteiger partial charge in [0.05, 0.1) is 57.6 Å². The van der Waals surface area contributed by atoms with Crippen molar-refractivity contribution in [3.05, 3.63) is 70.8 Å². The quantitative estimate of drug-likeness (QED) is 0.438. The molecule has 2 aromatic carbocycles. The molecule has 1 aliphatic rings. The number of nitrogens with two attached hydrogens (primary N) is 1. The fourth-order valence-corrected chi connectivity index (χ4v) is 4.97. The average molecular weight is 454 g/mol. The van der Waals surface area contributed by atoms with Crippen molar-refractivity contribution in [1.82, 2.24) is 0 Å². The lowest BCUT2D eigenvalue weighted by molar-refractivity contribution is -0.933. The smallest absolute Gasteiger partial charge is 0.337 e. The van der Waals surface area contributed by atoms with Gasteiger partial charge in [-0.15, -0.1) is 0 Å². The van der Waals surface area contributed by atoms with E-state index in [2.05, 4.69) is 0 Å². The Kier molecular flexibility index (Phi) is 9.03. The van der Waals surface area contributed by atoms with Crippen LogP contribution in [-0.2, 0) is 22.3 Å². The lowest BCUT2D eigenvalue weighted by atomic mass is 9.99. The number of nitrogens with zero attached hydrogens (tertiary/aromatic N) is 1. The summed E-state index contributed by atoms with van der Waals surface area (Å²) < 4.78 is 10.6. The van der Waals surface area contributed by atoms with E-state index in [-0.39, 0.29) is 18.0 Å². The Morgan fingerprint density at radius 3 is 1.70 bits per heavy atom. The van der Waals surface area contributed by atoms with E-state index in [1.807, 2.05) is 48.5 Å². The summed E-state index contributed by atoms with van der Waals surface area (Å²) in [6.07, 6.45) is 6.47. The number of esters is 2. The molecule has 2 aromatic rings. The van der Waals surface area contributed by atoms with E-state index in [4.69, 9.17) is 15.2 Å². The highest BCUT2D eigenvalue weighted by atomic mass is 16.5. The number of aryl methyl sites for hydroxylation is 2. The number of quaternary nitrogens is 1. The summed E-state index contributed by atoms with van der Waals surface area (Å²) in [5, 5.41) is 0. The van der Waals surface area contributed by atoms with Gasteiger partial charge in [-0.1, -0.05) is 24.3 Å². The Bertz CT molecular complexity index is 843. The highest BCUT2D eigenvalue weighted by Gasteiger charge is 2.32. The maximum Gasteiger partial charge on any atom is 0.337 e. The number of benzene rings is 2. The molecule has 1 atom stereocenters. The van der Waals surface area contributed by atoms with Gasteiger partial charge in [-0.25, -0.2) is 9.59 Å². The predicted octanol–water partition coefficient (Wildman–Crippen LogP) is 3.76. The monoisotopic (exact) mass is 453 g/mol. The number of methoxy groups -OCH3 is 2. The zero-order valence-electron chi connectivity index (χ0n) is 19.9. The number of rotatable bonds is 10. The van der Waals surface area contributed by atoms with Gasteiger partial charge in [0.15, 0.2) is 0 Å². The minimum absolute atomic E-state index is 0.275. The first-order valence-electron chi connectivity index (χ1n) is 11.9. The first kappa shape index (κ1) is 24.9. The number of hydrogen-bond acceptors (Lipinski definition) is 5. The third-order valence-electron chi connectivity index (χ3n) is 6.78. The van der Waals surface area contributed by atoms with E-state index < -0.39 is 0 Å². The molecule has 1 aliphatic heterocycles. The highest BCUT2D eigenvalue weighted by molar-refractivity contribution is 5.89. The molecule has 1 heterocycles. The molecule has 6 heteroatoms. The molecule has 0 radical (unpaired) electrons. The minimum Gasteiger partial charge on any atom is -0.465 e. The number of ether oxygens (including phenoxy) is 2. The minimum atomic E-state index is -0.298. The fraction of sp³-hybridized carbons (Fsp3) is 0.481. The molecule has 33 heavy (non-hydrogen) atoms. The van der Waals surface area contributed by atoms with Crippen LogP contribution >= 0.6 is 0 Å². The molecule has 1 unspecified atom stereocenters. The summed E-state index contributed by atoms with van der Waals surface area (Å²) in [6, 6.07) is 15.7. The van der Waals surface area contributed by atoms with Crippen LogP contribution in [0.1, 0.15) is 57.5 Å². The van der Waals surface area contributed by atoms with Crippen molar-refractivity contribution >= 4 is 11.9 Å². The van der Waals surface area contributed by atoms with Crippen molar-refractivity contribution in [1.29, 1.82) is 0 Å². The summed E-state index contributed by atoms with van der Waals surface area (Å²) in [6.45, 7) is 4.47. The van der Waals surface area contributed by atoms with Crippen LogP contribution in [0.3, 0.4) is 0 Å². The van der Waals surface area contributed by atoms with E-state index >= 15 is 0 Å². The third kappa shape index (κ3) is 7.14. The van der Waals surface area contributed by atoms with Crippen molar-refractivity contribution in [3.8, 4) is 0 Å². The summed E-state index contributed by atoms with van der Waals surface area (Å²) in [4.78, 5) is 23.2. The van der Waals surface area contributed by atoms with Gasteiger partial charge in [-0.3, -0.25) is 0 Å². The molecule has 0 saturated carbocycles. The standard InChI is InChI=1S/C27H37N2O4/c1-32-26(30)23-13-9-21(10-14-23)6-3-17-29(19-5-8-25(28)20-29)18-4-7-22-11-15-24(16-12-22)27(31)33-2/h9-16,25H,3-8,17-20,28H2,1-2H3/q+1. The number of hydrogen-bond donors (Lipinski definition) is 1. The topological polar surface area (TPSA) is 78.6 Å². The lowest BCUT2D eigenvalue weighted by Gasteiger charge is -2.44. The van der Waals surface area contributed by atoms with Crippen LogP contribution in [0.25, 0.3) is 0 Å². The van der Waals surface area contributed by atoms with Crippen LogP contribution in [0.2, 0.25) is 0 Å². The Balaban J connectivity index is 1.54. The molecular formula is C27H37N2O4+. The molecule has 1 saturated heterocycles. The molecule has 0 aromatic heterocycles. The Hall–Kier alpha value is -2.70. The molecule has 2 N–H and O–H groups in total. The van der Waals surface area contributed by atoms with Crippen LogP contribution in [0.5, 0.6) is 0 Å². The summed E-state index contributed by atoms with van der Waals surface area (Å²) >= 11 is 0. The maximum atomic E-state index is 11.6. The van der Waals surface area contributed by atoms with Crippen LogP contribution in [0.4, 0.5) is 0 Å². The second kappa shape index (κ2) is 12.0. The number of likely N-dealkylation sites (tertiary alicyclic amines) is 1. The second-order valence-corrected chi connectivity index (χ2v) is 9.18. The molecule has 0 amide bonds. The molecule has 0 aliphatic carbocycles. The van der Waals surface area contributed by atoms with Gasteiger partial charge in [0.25, 0.3) is 0 Å². The first-order chi connectivity index (χ1) is 15.9. The summed E-state index contributed by atoms with van der Waals surface area (Å²) in [7, 11) is 2.81. The van der Waals surface area contributed by atoms with E-state index in [1.54, 1.807) is 0 Å². The molecule has 0 bridgehead atoms. The van der Waals surface area contributed by atoms with Gasteiger partial charge in [-0.2, -0.15) is 0 Å². The molecule has 178 valence electrons. The molecule has 0 spiro atoms. The molecular weight excluding hydrogens is 416 g/mol. The summed E-state index contributed by atoms with van der Waals surface area (Å²) in [5.74, 6) is -0.596. The van der Waals surface area contributed by atoms with E-state index in [1.165, 1.54) is 38.3 Å². The van der Waals surface area contributed by atoms with Gasteiger partial charge in [0.1, 0.15) is 0 Å². The van der Waals surface area contributed by atoms with Gasteiger partial charge in [0.2, 0.25) is 0 Å². The Morgan fingerprint density at radius 1 is 0.848 bits per heavy atom. The number of carbonyl (C=O) groups excluding carboxylic acids is 2. The van der Waals surface area contributed by atoms with Crippen LogP contribution in [0, 0.1) is 0 Å². The van der Waals surface area contributed by atoms with Gasteiger partial charge < -0.3 is 19.7 Å². The first-order valence-corrected chi connectivity index (χ1v) is 11.9. The Labute approximate surface area is 197 Å².